The van der Waals surface area contributed by atoms with Crippen molar-refractivity contribution in [3.05, 3.63) is 106 Å². The highest BCUT2D eigenvalue weighted by Crippen LogP contribution is 2.27. The highest BCUT2D eigenvalue weighted by molar-refractivity contribution is 7.07. The maximum Gasteiger partial charge on any atom is 0.190 e. The van der Waals surface area contributed by atoms with E-state index in [9.17, 15) is 0 Å². The van der Waals surface area contributed by atoms with Crippen molar-refractivity contribution in [3.63, 3.8) is 0 Å². The molecule has 0 aliphatic heterocycles. The summed E-state index contributed by atoms with van der Waals surface area (Å²) in [6.07, 6.45) is 0.978. The Kier molecular flexibility index (Phi) is 6.24. The molecule has 0 saturated carbocycles. The zero-order chi connectivity index (χ0) is 21.8. The molecule has 0 aliphatic carbocycles. The van der Waals surface area contributed by atoms with Gasteiger partial charge in [-0.3, -0.25) is 0 Å². The number of para-hydroxylation sites is 1. The second-order valence-electron chi connectivity index (χ2n) is 9.02. The second kappa shape index (κ2) is 9.07. The lowest BCUT2D eigenvalue weighted by molar-refractivity contribution is 0.590. The molecular weight excluding hydrogens is 396 g/mol. The number of aryl methyl sites for hydroxylation is 2. The molecule has 4 aromatic rings. The van der Waals surface area contributed by atoms with Crippen molar-refractivity contribution in [1.29, 1.82) is 0 Å². The first-order chi connectivity index (χ1) is 14.9. The van der Waals surface area contributed by atoms with Crippen molar-refractivity contribution < 1.29 is 0 Å². The van der Waals surface area contributed by atoms with Crippen LogP contribution in [0.2, 0.25) is 0 Å². The topological polar surface area (TPSA) is 17.3 Å². The van der Waals surface area contributed by atoms with E-state index in [1.54, 1.807) is 11.3 Å². The fourth-order valence-electron chi connectivity index (χ4n) is 3.68. The van der Waals surface area contributed by atoms with Crippen molar-refractivity contribution in [1.82, 2.24) is 4.57 Å². The van der Waals surface area contributed by atoms with E-state index in [0.29, 0.717) is 0 Å². The van der Waals surface area contributed by atoms with E-state index in [1.165, 1.54) is 27.9 Å². The maximum atomic E-state index is 5.04. The van der Waals surface area contributed by atoms with E-state index in [2.05, 4.69) is 117 Å². The summed E-state index contributed by atoms with van der Waals surface area (Å²) < 4.78 is 2.37. The van der Waals surface area contributed by atoms with Gasteiger partial charge < -0.3 is 4.57 Å². The Balaban J connectivity index is 1.76. The van der Waals surface area contributed by atoms with Crippen molar-refractivity contribution in [2.75, 3.05) is 0 Å². The Bertz CT molecular complexity index is 1210. The Hall–Kier alpha value is -2.91. The molecule has 2 nitrogen and oxygen atoms in total. The molecule has 0 unspecified atom stereocenters. The first-order valence-corrected chi connectivity index (χ1v) is 11.7. The van der Waals surface area contributed by atoms with Crippen LogP contribution in [0.4, 0.5) is 5.69 Å². The first kappa shape index (κ1) is 21.3. The number of hydrogen-bond acceptors (Lipinski definition) is 2. The fourth-order valence-corrected chi connectivity index (χ4v) is 4.63. The number of aromatic nitrogens is 1. The van der Waals surface area contributed by atoms with Crippen molar-refractivity contribution in [3.8, 4) is 11.3 Å². The van der Waals surface area contributed by atoms with Crippen LogP contribution in [0, 0.1) is 6.92 Å². The third-order valence-electron chi connectivity index (χ3n) is 5.64. The summed E-state index contributed by atoms with van der Waals surface area (Å²) in [4.78, 5) is 6.08. The molecule has 0 N–H and O–H groups in total. The maximum absolute atomic E-state index is 5.04. The number of benzene rings is 3. The minimum absolute atomic E-state index is 0.155. The number of nitrogens with zero attached hydrogens (tertiary/aromatic N) is 2. The number of rotatable bonds is 5. The van der Waals surface area contributed by atoms with E-state index < -0.39 is 0 Å². The molecule has 1 aromatic heterocycles. The van der Waals surface area contributed by atoms with Crippen LogP contribution in [0.5, 0.6) is 0 Å². The fraction of sp³-hybridized carbons (Fsp3) is 0.250. The quantitative estimate of drug-likeness (QED) is 0.319. The highest BCUT2D eigenvalue weighted by Gasteiger charge is 2.14. The number of hydrogen-bond donors (Lipinski definition) is 0. The standard InChI is InChI=1S/C28H30N2S/c1-21-10-8-9-13-25(21)29-27-30(19-18-22-11-6-5-7-12-22)26(20-31-27)23-14-16-24(17-15-23)28(2,3)4/h5-17,20H,18-19H2,1-4H3. The van der Waals surface area contributed by atoms with E-state index >= 15 is 0 Å². The Morgan fingerprint density at radius 2 is 1.52 bits per heavy atom. The molecule has 4 rings (SSSR count). The van der Waals surface area contributed by atoms with Gasteiger partial charge in [0.05, 0.1) is 11.4 Å². The van der Waals surface area contributed by atoms with E-state index in [4.69, 9.17) is 4.99 Å². The van der Waals surface area contributed by atoms with Crippen LogP contribution in [0.15, 0.2) is 89.2 Å². The summed E-state index contributed by atoms with van der Waals surface area (Å²) in [5, 5.41) is 2.24. The average molecular weight is 427 g/mol. The van der Waals surface area contributed by atoms with Crippen LogP contribution >= 0.6 is 11.3 Å². The van der Waals surface area contributed by atoms with Gasteiger partial charge in [0, 0.05) is 11.9 Å². The summed E-state index contributed by atoms with van der Waals surface area (Å²) >= 11 is 1.72. The molecule has 0 radical (unpaired) electrons. The lowest BCUT2D eigenvalue weighted by Crippen LogP contribution is -2.17. The van der Waals surface area contributed by atoms with Gasteiger partial charge in [0.1, 0.15) is 0 Å². The molecule has 0 amide bonds. The van der Waals surface area contributed by atoms with Gasteiger partial charge in [-0.1, -0.05) is 93.6 Å². The molecule has 0 aliphatic rings. The Morgan fingerprint density at radius 1 is 0.839 bits per heavy atom. The van der Waals surface area contributed by atoms with E-state index in [0.717, 1.165) is 23.5 Å². The molecule has 0 spiro atoms. The van der Waals surface area contributed by atoms with Crippen LogP contribution < -0.4 is 4.80 Å². The third-order valence-corrected chi connectivity index (χ3v) is 6.51. The summed E-state index contributed by atoms with van der Waals surface area (Å²) in [6.45, 7) is 9.78. The van der Waals surface area contributed by atoms with Gasteiger partial charge in [-0.15, -0.1) is 11.3 Å². The van der Waals surface area contributed by atoms with E-state index in [1.807, 2.05) is 0 Å². The molecular formula is C28H30N2S. The molecule has 3 heteroatoms. The Labute approximate surface area is 189 Å². The van der Waals surface area contributed by atoms with Crippen molar-refractivity contribution in [2.24, 2.45) is 4.99 Å². The average Bonchev–Trinajstić information content (AvgIpc) is 3.16. The smallest absolute Gasteiger partial charge is 0.190 e. The summed E-state index contributed by atoms with van der Waals surface area (Å²) in [5.41, 5.74) is 7.55. The molecule has 31 heavy (non-hydrogen) atoms. The van der Waals surface area contributed by atoms with Gasteiger partial charge in [-0.2, -0.15) is 0 Å². The van der Waals surface area contributed by atoms with Crippen LogP contribution in [-0.4, -0.2) is 4.57 Å². The largest absolute Gasteiger partial charge is 0.316 e. The SMILES string of the molecule is Cc1ccccc1N=c1scc(-c2ccc(C(C)(C)C)cc2)n1CCc1ccccc1. The molecule has 0 bridgehead atoms. The lowest BCUT2D eigenvalue weighted by Gasteiger charge is -2.19. The van der Waals surface area contributed by atoms with Crippen LogP contribution in [0.25, 0.3) is 11.3 Å². The monoisotopic (exact) mass is 426 g/mol. The van der Waals surface area contributed by atoms with Gasteiger partial charge >= 0.3 is 0 Å². The lowest BCUT2D eigenvalue weighted by atomic mass is 9.86. The molecule has 3 aromatic carbocycles. The van der Waals surface area contributed by atoms with E-state index in [-0.39, 0.29) is 5.41 Å². The van der Waals surface area contributed by atoms with Crippen molar-refractivity contribution >= 4 is 17.0 Å². The third kappa shape index (κ3) is 5.05. The predicted octanol–water partition coefficient (Wildman–Crippen LogP) is 7.30. The van der Waals surface area contributed by atoms with Gasteiger partial charge in [0.2, 0.25) is 0 Å². The summed E-state index contributed by atoms with van der Waals surface area (Å²) in [5.74, 6) is 0. The normalized spacial score (nSPS) is 12.3. The first-order valence-electron chi connectivity index (χ1n) is 10.9. The second-order valence-corrected chi connectivity index (χ2v) is 9.85. The molecule has 1 heterocycles. The molecule has 158 valence electrons. The minimum atomic E-state index is 0.155. The van der Waals surface area contributed by atoms with Gasteiger partial charge in [0.25, 0.3) is 0 Å². The Morgan fingerprint density at radius 3 is 2.19 bits per heavy atom. The highest BCUT2D eigenvalue weighted by atomic mass is 32.1. The zero-order valence-electron chi connectivity index (χ0n) is 18.8. The molecule has 0 fully saturated rings. The summed E-state index contributed by atoms with van der Waals surface area (Å²) in [7, 11) is 0. The minimum Gasteiger partial charge on any atom is -0.316 e. The van der Waals surface area contributed by atoms with Crippen LogP contribution in [0.1, 0.15) is 37.5 Å². The van der Waals surface area contributed by atoms with Crippen LogP contribution in [-0.2, 0) is 18.4 Å². The zero-order valence-corrected chi connectivity index (χ0v) is 19.6. The predicted molar refractivity (Wildman–Crippen MR) is 133 cm³/mol. The van der Waals surface area contributed by atoms with Crippen LogP contribution in [0.3, 0.4) is 0 Å². The van der Waals surface area contributed by atoms with Gasteiger partial charge in [-0.25, -0.2) is 4.99 Å². The summed E-state index contributed by atoms with van der Waals surface area (Å²) in [6, 6.07) is 28.0. The number of thiazole rings is 1. The van der Waals surface area contributed by atoms with Gasteiger partial charge in [0.15, 0.2) is 4.80 Å². The van der Waals surface area contributed by atoms with Gasteiger partial charge in [-0.05, 0) is 47.1 Å². The molecule has 0 atom stereocenters. The van der Waals surface area contributed by atoms with Crippen molar-refractivity contribution in [2.45, 2.75) is 46.1 Å². The molecule has 0 saturated heterocycles.